The number of nitrogens with zero attached hydrogens (tertiary/aromatic N) is 5. The number of anilines is 2. The van der Waals surface area contributed by atoms with Crippen molar-refractivity contribution in [2.45, 2.75) is 32.7 Å². The van der Waals surface area contributed by atoms with Gasteiger partial charge in [0.05, 0.1) is 25.5 Å². The zero-order chi connectivity index (χ0) is 25.5. The lowest BCUT2D eigenvalue weighted by Gasteiger charge is -2.20. The zero-order valence-corrected chi connectivity index (χ0v) is 20.9. The molecule has 1 aromatic carbocycles. The first-order valence-corrected chi connectivity index (χ1v) is 11.3. The van der Waals surface area contributed by atoms with Crippen LogP contribution in [-0.4, -0.2) is 65.6 Å². The quantitative estimate of drug-likeness (QED) is 0.422. The van der Waals surface area contributed by atoms with E-state index in [1.165, 1.54) is 0 Å². The van der Waals surface area contributed by atoms with Crippen LogP contribution in [-0.2, 0) is 17.6 Å². The van der Waals surface area contributed by atoms with E-state index >= 15 is 0 Å². The van der Waals surface area contributed by atoms with Crippen LogP contribution in [0.2, 0.25) is 0 Å². The molecule has 0 saturated heterocycles. The first-order chi connectivity index (χ1) is 16.7. The minimum absolute atomic E-state index is 0.119. The first kappa shape index (κ1) is 25.7. The van der Waals surface area contributed by atoms with Crippen molar-refractivity contribution in [2.75, 3.05) is 38.5 Å². The second kappa shape index (κ2) is 11.5. The molecule has 0 saturated carbocycles. The van der Waals surface area contributed by atoms with Gasteiger partial charge in [-0.05, 0) is 36.6 Å². The third-order valence-corrected chi connectivity index (χ3v) is 5.31. The van der Waals surface area contributed by atoms with E-state index in [0.717, 1.165) is 12.0 Å². The summed E-state index contributed by atoms with van der Waals surface area (Å²) in [5.74, 6) is 1.57. The van der Waals surface area contributed by atoms with E-state index in [2.05, 4.69) is 39.3 Å². The van der Waals surface area contributed by atoms with E-state index < -0.39 is 12.0 Å². The highest BCUT2D eigenvalue weighted by Gasteiger charge is 2.22. The highest BCUT2D eigenvalue weighted by Crippen LogP contribution is 2.36. The van der Waals surface area contributed by atoms with Gasteiger partial charge in [-0.1, -0.05) is 19.9 Å². The number of carboxylic acid groups (broad SMARTS) is 1. The number of aromatic nitrogens is 4. The Hall–Kier alpha value is -3.95. The minimum Gasteiger partial charge on any atom is -0.496 e. The molecule has 0 spiro atoms. The normalized spacial score (nSPS) is 11.7. The molecule has 35 heavy (non-hydrogen) atoms. The summed E-state index contributed by atoms with van der Waals surface area (Å²) in [7, 11) is 6.82. The Bertz CT molecular complexity index is 1130. The molecule has 10 nitrogen and oxygen atoms in total. The van der Waals surface area contributed by atoms with Crippen LogP contribution in [0.1, 0.15) is 25.1 Å². The number of hydrogen-bond donors (Lipinski definition) is 2. The summed E-state index contributed by atoms with van der Waals surface area (Å²) in [5, 5.41) is 21.6. The summed E-state index contributed by atoms with van der Waals surface area (Å²) in [6.07, 6.45) is 2.59. The molecule has 0 fully saturated rings. The summed E-state index contributed by atoms with van der Waals surface area (Å²) < 4.78 is 10.9. The number of rotatable bonds is 11. The molecular formula is C25H32N6O4. The van der Waals surface area contributed by atoms with Gasteiger partial charge in [-0.3, -0.25) is 0 Å². The predicted octanol–water partition coefficient (Wildman–Crippen LogP) is 3.32. The Morgan fingerprint density at radius 1 is 1.06 bits per heavy atom. The number of nitrogens with one attached hydrogen (secondary N) is 1. The van der Waals surface area contributed by atoms with E-state index in [1.807, 2.05) is 32.3 Å². The standard InChI is InChI=1S/C25H32N6O4/c1-15(2)12-16-14-26-25(31(3)4)28-23(16)27-19(24(32)33)13-17-10-11-18(30-29-17)22-20(34-5)8-7-9-21(22)35-6/h7-11,14-15,19H,12-13H2,1-6H3,(H,32,33)(H,26,27,28). The van der Waals surface area contributed by atoms with Crippen LogP contribution < -0.4 is 19.7 Å². The Kier molecular flexibility index (Phi) is 8.40. The molecule has 186 valence electrons. The zero-order valence-electron chi connectivity index (χ0n) is 20.9. The van der Waals surface area contributed by atoms with Gasteiger partial charge in [-0.25, -0.2) is 9.78 Å². The van der Waals surface area contributed by atoms with Crippen LogP contribution in [0.3, 0.4) is 0 Å². The van der Waals surface area contributed by atoms with Crippen LogP contribution in [0.15, 0.2) is 36.5 Å². The van der Waals surface area contributed by atoms with E-state index in [4.69, 9.17) is 9.47 Å². The second-order valence-electron chi connectivity index (χ2n) is 8.72. The fraction of sp³-hybridized carbons (Fsp3) is 0.400. The average molecular weight is 481 g/mol. The van der Waals surface area contributed by atoms with Gasteiger partial charge in [0.2, 0.25) is 5.95 Å². The molecule has 2 heterocycles. The van der Waals surface area contributed by atoms with Crippen LogP contribution in [0, 0.1) is 5.92 Å². The van der Waals surface area contributed by atoms with Gasteiger partial charge in [-0.2, -0.15) is 10.1 Å². The van der Waals surface area contributed by atoms with Gasteiger partial charge < -0.3 is 24.8 Å². The maximum absolute atomic E-state index is 12.1. The summed E-state index contributed by atoms with van der Waals surface area (Å²) in [6.45, 7) is 4.18. The van der Waals surface area contributed by atoms with Gasteiger partial charge in [0, 0.05) is 32.3 Å². The average Bonchev–Trinajstić information content (AvgIpc) is 2.84. The molecule has 0 radical (unpaired) electrons. The molecule has 2 N–H and O–H groups in total. The van der Waals surface area contributed by atoms with Crippen molar-refractivity contribution >= 4 is 17.7 Å². The maximum atomic E-state index is 12.1. The van der Waals surface area contributed by atoms with Crippen LogP contribution >= 0.6 is 0 Å². The fourth-order valence-corrected chi connectivity index (χ4v) is 3.61. The van der Waals surface area contributed by atoms with Crippen molar-refractivity contribution in [3.63, 3.8) is 0 Å². The van der Waals surface area contributed by atoms with Gasteiger partial charge in [0.15, 0.2) is 0 Å². The predicted molar refractivity (Wildman–Crippen MR) is 134 cm³/mol. The van der Waals surface area contributed by atoms with Gasteiger partial charge in [0.25, 0.3) is 0 Å². The summed E-state index contributed by atoms with van der Waals surface area (Å²) >= 11 is 0. The molecule has 1 unspecified atom stereocenters. The molecule has 0 amide bonds. The monoisotopic (exact) mass is 480 g/mol. The van der Waals surface area contributed by atoms with Crippen molar-refractivity contribution in [3.05, 3.63) is 47.8 Å². The van der Waals surface area contributed by atoms with Gasteiger partial charge in [-0.15, -0.1) is 5.10 Å². The van der Waals surface area contributed by atoms with E-state index in [-0.39, 0.29) is 6.42 Å². The molecule has 3 rings (SSSR count). The van der Waals surface area contributed by atoms with E-state index in [9.17, 15) is 9.90 Å². The Balaban J connectivity index is 1.87. The summed E-state index contributed by atoms with van der Waals surface area (Å²) in [4.78, 5) is 22.8. The summed E-state index contributed by atoms with van der Waals surface area (Å²) in [5.41, 5.74) is 2.63. The molecular weight excluding hydrogens is 448 g/mol. The molecule has 2 aromatic heterocycles. The molecule has 0 bridgehead atoms. The number of carboxylic acids is 1. The lowest BCUT2D eigenvalue weighted by Crippen LogP contribution is -2.33. The van der Waals surface area contributed by atoms with E-state index in [1.54, 1.807) is 37.4 Å². The third kappa shape index (κ3) is 6.34. The number of hydrogen-bond acceptors (Lipinski definition) is 9. The van der Waals surface area contributed by atoms with Crippen LogP contribution in [0.25, 0.3) is 11.3 Å². The Morgan fingerprint density at radius 2 is 1.74 bits per heavy atom. The fourth-order valence-electron chi connectivity index (χ4n) is 3.61. The second-order valence-corrected chi connectivity index (χ2v) is 8.72. The molecule has 10 heteroatoms. The molecule has 3 aromatic rings. The van der Waals surface area contributed by atoms with Crippen molar-refractivity contribution in [1.82, 2.24) is 20.2 Å². The van der Waals surface area contributed by atoms with Gasteiger partial charge in [0.1, 0.15) is 29.1 Å². The number of aliphatic carboxylic acids is 1. The number of methoxy groups -OCH3 is 2. The molecule has 1 atom stereocenters. The Morgan fingerprint density at radius 3 is 2.26 bits per heavy atom. The number of benzene rings is 1. The maximum Gasteiger partial charge on any atom is 0.326 e. The van der Waals surface area contributed by atoms with Gasteiger partial charge >= 0.3 is 5.97 Å². The lowest BCUT2D eigenvalue weighted by atomic mass is 10.0. The number of ether oxygens (including phenoxy) is 2. The topological polar surface area (TPSA) is 123 Å². The largest absolute Gasteiger partial charge is 0.496 e. The van der Waals surface area contributed by atoms with E-state index in [0.29, 0.717) is 46.1 Å². The summed E-state index contributed by atoms with van der Waals surface area (Å²) in [6, 6.07) is 8.04. The molecule has 0 aliphatic carbocycles. The van der Waals surface area contributed by atoms with Crippen molar-refractivity contribution in [3.8, 4) is 22.8 Å². The molecule has 0 aliphatic heterocycles. The third-order valence-electron chi connectivity index (χ3n) is 5.31. The van der Waals surface area contributed by atoms with Crippen molar-refractivity contribution in [1.29, 1.82) is 0 Å². The van der Waals surface area contributed by atoms with Crippen molar-refractivity contribution in [2.24, 2.45) is 5.92 Å². The van der Waals surface area contributed by atoms with Crippen molar-refractivity contribution < 1.29 is 19.4 Å². The minimum atomic E-state index is -1.01. The Labute approximate surface area is 205 Å². The van der Waals surface area contributed by atoms with Crippen LogP contribution in [0.5, 0.6) is 11.5 Å². The van der Waals surface area contributed by atoms with Crippen LogP contribution in [0.4, 0.5) is 11.8 Å². The highest BCUT2D eigenvalue weighted by atomic mass is 16.5. The lowest BCUT2D eigenvalue weighted by molar-refractivity contribution is -0.137. The SMILES string of the molecule is COc1cccc(OC)c1-c1ccc(CC(Nc2nc(N(C)C)ncc2CC(C)C)C(=O)O)nn1. The highest BCUT2D eigenvalue weighted by molar-refractivity contribution is 5.78. The first-order valence-electron chi connectivity index (χ1n) is 11.3. The number of carbonyl (C=O) groups is 1. The molecule has 0 aliphatic rings. The smallest absolute Gasteiger partial charge is 0.326 e.